The minimum atomic E-state index is -0.401. The van der Waals surface area contributed by atoms with Crippen molar-refractivity contribution in [3.8, 4) is 0 Å². The van der Waals surface area contributed by atoms with Gasteiger partial charge in [0.05, 0.1) is 5.92 Å². The molecule has 1 unspecified atom stereocenters. The fourth-order valence-corrected chi connectivity index (χ4v) is 1.45. The molecule has 1 rings (SSSR count). The molecular weight excluding hydrogens is 236 g/mol. The third-order valence-electron chi connectivity index (χ3n) is 2.19. The number of ether oxygens (including phenoxy) is 1. The predicted octanol–water partition coefficient (Wildman–Crippen LogP) is 4.62. The quantitative estimate of drug-likeness (QED) is 0.744. The second-order valence-electron chi connectivity index (χ2n) is 5.83. The Labute approximate surface area is 118 Å². The van der Waals surface area contributed by atoms with Crippen LogP contribution in [0.25, 0.3) is 0 Å². The number of hydrogen-bond donors (Lipinski definition) is 0. The first-order valence-electron chi connectivity index (χ1n) is 7.07. The van der Waals surface area contributed by atoms with Gasteiger partial charge in [-0.25, -0.2) is 0 Å². The van der Waals surface area contributed by atoms with Crippen LogP contribution in [0.5, 0.6) is 0 Å². The van der Waals surface area contributed by atoms with Crippen molar-refractivity contribution in [3.05, 3.63) is 35.9 Å². The molecule has 1 aromatic carbocycles. The Kier molecular flexibility index (Phi) is 8.13. The van der Waals surface area contributed by atoms with Crippen molar-refractivity contribution in [1.29, 1.82) is 0 Å². The maximum Gasteiger partial charge on any atom is 0.309 e. The number of carbonyl (C=O) groups excluding carboxylic acids is 1. The summed E-state index contributed by atoms with van der Waals surface area (Å²) in [6, 6.07) is 10.00. The second-order valence-corrected chi connectivity index (χ2v) is 5.83. The number of hydrogen-bond acceptors (Lipinski definition) is 2. The van der Waals surface area contributed by atoms with Crippen LogP contribution in [0.1, 0.15) is 53.5 Å². The van der Waals surface area contributed by atoms with Crippen LogP contribution in [-0.4, -0.2) is 11.6 Å². The van der Waals surface area contributed by atoms with Crippen molar-refractivity contribution in [1.82, 2.24) is 0 Å². The van der Waals surface area contributed by atoms with Crippen molar-refractivity contribution in [2.45, 2.75) is 60.0 Å². The van der Waals surface area contributed by atoms with E-state index >= 15 is 0 Å². The van der Waals surface area contributed by atoms with Gasteiger partial charge in [0, 0.05) is 0 Å². The summed E-state index contributed by atoms with van der Waals surface area (Å²) in [6.45, 7) is 11.8. The molecular formula is C17H28O2. The van der Waals surface area contributed by atoms with Gasteiger partial charge < -0.3 is 4.74 Å². The van der Waals surface area contributed by atoms with Gasteiger partial charge >= 0.3 is 5.97 Å². The average Bonchev–Trinajstić information content (AvgIpc) is 2.29. The Morgan fingerprint density at radius 2 is 1.63 bits per heavy atom. The van der Waals surface area contributed by atoms with Crippen molar-refractivity contribution in [2.24, 2.45) is 5.92 Å². The van der Waals surface area contributed by atoms with Crippen molar-refractivity contribution in [2.75, 3.05) is 0 Å². The van der Waals surface area contributed by atoms with Crippen LogP contribution in [-0.2, 0) is 16.0 Å². The van der Waals surface area contributed by atoms with Crippen molar-refractivity contribution >= 4 is 5.97 Å². The number of esters is 1. The lowest BCUT2D eigenvalue weighted by atomic mass is 10.0. The smallest absolute Gasteiger partial charge is 0.309 e. The zero-order chi connectivity index (χ0) is 14.9. The van der Waals surface area contributed by atoms with E-state index in [1.807, 2.05) is 58.0 Å². The fraction of sp³-hybridized carbons (Fsp3) is 0.588. The van der Waals surface area contributed by atoms with E-state index in [2.05, 4.69) is 13.8 Å². The Morgan fingerprint density at radius 3 is 2.05 bits per heavy atom. The predicted molar refractivity (Wildman–Crippen MR) is 81.1 cm³/mol. The summed E-state index contributed by atoms with van der Waals surface area (Å²) in [5.74, 6) is -0.224. The third-order valence-corrected chi connectivity index (χ3v) is 2.19. The summed E-state index contributed by atoms with van der Waals surface area (Å²) in [5.41, 5.74) is 0.767. The zero-order valence-corrected chi connectivity index (χ0v) is 13.2. The lowest BCUT2D eigenvalue weighted by molar-refractivity contribution is -0.159. The summed E-state index contributed by atoms with van der Waals surface area (Å²) in [5, 5.41) is 0. The molecule has 0 fully saturated rings. The van der Waals surface area contributed by atoms with Gasteiger partial charge in [-0.1, -0.05) is 57.5 Å². The molecule has 0 saturated heterocycles. The summed E-state index contributed by atoms with van der Waals surface area (Å²) in [4.78, 5) is 11.7. The molecule has 0 amide bonds. The fourth-order valence-electron chi connectivity index (χ4n) is 1.45. The normalized spacial score (nSPS) is 12.1. The molecule has 2 nitrogen and oxygen atoms in total. The van der Waals surface area contributed by atoms with E-state index in [4.69, 9.17) is 4.74 Å². The molecule has 19 heavy (non-hydrogen) atoms. The van der Waals surface area contributed by atoms with E-state index in [9.17, 15) is 4.79 Å². The molecule has 0 aliphatic carbocycles. The van der Waals surface area contributed by atoms with Gasteiger partial charge in [-0.15, -0.1) is 0 Å². The highest BCUT2D eigenvalue weighted by atomic mass is 16.6. The van der Waals surface area contributed by atoms with Crippen LogP contribution >= 0.6 is 0 Å². The van der Waals surface area contributed by atoms with Gasteiger partial charge in [-0.2, -0.15) is 0 Å². The molecule has 0 saturated carbocycles. The van der Waals surface area contributed by atoms with Gasteiger partial charge in [0.1, 0.15) is 5.60 Å². The lowest BCUT2D eigenvalue weighted by Crippen LogP contribution is -2.28. The molecule has 0 aromatic heterocycles. The van der Waals surface area contributed by atoms with Crippen molar-refractivity contribution < 1.29 is 9.53 Å². The molecule has 0 aliphatic rings. The number of carbonyl (C=O) groups is 1. The van der Waals surface area contributed by atoms with E-state index < -0.39 is 5.60 Å². The van der Waals surface area contributed by atoms with Gasteiger partial charge in [-0.05, 0) is 32.8 Å². The van der Waals surface area contributed by atoms with Gasteiger partial charge in [-0.3, -0.25) is 4.79 Å². The summed E-state index contributed by atoms with van der Waals surface area (Å²) >= 11 is 0. The minimum absolute atomic E-state index is 0.0957. The van der Waals surface area contributed by atoms with Gasteiger partial charge in [0.25, 0.3) is 0 Å². The highest BCUT2D eigenvalue weighted by Crippen LogP contribution is 2.14. The van der Waals surface area contributed by atoms with Gasteiger partial charge in [0.2, 0.25) is 0 Å². The zero-order valence-electron chi connectivity index (χ0n) is 13.2. The van der Waals surface area contributed by atoms with Crippen LogP contribution in [0.4, 0.5) is 0 Å². The molecule has 2 heteroatoms. The first kappa shape index (κ1) is 17.7. The van der Waals surface area contributed by atoms with Gasteiger partial charge in [0.15, 0.2) is 0 Å². The van der Waals surface area contributed by atoms with Crippen LogP contribution in [0, 0.1) is 5.92 Å². The van der Waals surface area contributed by atoms with E-state index in [1.165, 1.54) is 12.0 Å². The summed E-state index contributed by atoms with van der Waals surface area (Å²) < 4.78 is 5.33. The summed E-state index contributed by atoms with van der Waals surface area (Å²) in [6.07, 6.45) is 1.98. The first-order valence-corrected chi connectivity index (χ1v) is 7.07. The molecule has 0 heterocycles. The molecule has 0 bridgehead atoms. The maximum atomic E-state index is 11.7. The topological polar surface area (TPSA) is 26.3 Å². The largest absolute Gasteiger partial charge is 0.460 e. The highest BCUT2D eigenvalue weighted by Gasteiger charge is 2.21. The molecule has 0 aliphatic heterocycles. The Hall–Kier alpha value is -1.31. The first-order chi connectivity index (χ1) is 8.80. The highest BCUT2D eigenvalue weighted by molar-refractivity contribution is 5.72. The Balaban J connectivity index is 0.000000982. The van der Waals surface area contributed by atoms with Crippen LogP contribution in [0.3, 0.4) is 0 Å². The molecule has 108 valence electrons. The summed E-state index contributed by atoms with van der Waals surface area (Å²) in [7, 11) is 0. The molecule has 0 spiro atoms. The molecule has 0 N–H and O–H groups in total. The lowest BCUT2D eigenvalue weighted by Gasteiger charge is -2.22. The SMILES string of the molecule is CC(Cc1ccccc1)C(=O)OC(C)(C)C.CCC. The molecule has 1 aromatic rings. The van der Waals surface area contributed by atoms with Crippen molar-refractivity contribution in [3.63, 3.8) is 0 Å². The Bertz CT molecular complexity index is 349. The Morgan fingerprint density at radius 1 is 1.16 bits per heavy atom. The van der Waals surface area contributed by atoms with Crippen LogP contribution < -0.4 is 0 Å². The van der Waals surface area contributed by atoms with Crippen LogP contribution in [0.2, 0.25) is 0 Å². The van der Waals surface area contributed by atoms with E-state index in [0.29, 0.717) is 0 Å². The third kappa shape index (κ3) is 9.29. The molecule has 1 atom stereocenters. The minimum Gasteiger partial charge on any atom is -0.460 e. The standard InChI is InChI=1S/C14H20O2.C3H8/c1-11(13(15)16-14(2,3)4)10-12-8-6-5-7-9-12;1-3-2/h5-9,11H,10H2,1-4H3;3H2,1-2H3. The van der Waals surface area contributed by atoms with E-state index in [-0.39, 0.29) is 11.9 Å². The molecule has 0 radical (unpaired) electrons. The number of rotatable bonds is 3. The van der Waals surface area contributed by atoms with Crippen LogP contribution in [0.15, 0.2) is 30.3 Å². The monoisotopic (exact) mass is 264 g/mol. The van der Waals surface area contributed by atoms with E-state index in [0.717, 1.165) is 6.42 Å². The average molecular weight is 264 g/mol. The second kappa shape index (κ2) is 8.73. The maximum absolute atomic E-state index is 11.7. The van der Waals surface area contributed by atoms with E-state index in [1.54, 1.807) is 0 Å². The number of benzene rings is 1.